The van der Waals surface area contributed by atoms with Crippen LogP contribution in [0.15, 0.2) is 65.6 Å². The van der Waals surface area contributed by atoms with Gasteiger partial charge >= 0.3 is 5.97 Å². The van der Waals surface area contributed by atoms with Gasteiger partial charge in [-0.25, -0.2) is 17.6 Å². The van der Waals surface area contributed by atoms with Crippen LogP contribution in [0.2, 0.25) is 5.02 Å². The molecule has 0 saturated heterocycles. The first-order valence-corrected chi connectivity index (χ1v) is 15.1. The van der Waals surface area contributed by atoms with Gasteiger partial charge in [-0.15, -0.1) is 0 Å². The number of rotatable bonds is 10. The standard InChI is InChI=1S/C30H34ClFN2O4S/c1-3-4-5-6-7-9-14-23-20-34(22-12-10-8-11-13-22)28-19-26(31)24(18-29(28)39(37,38)33(23)2)21-15-16-27(32)25(17-21)30(35)36/h8,10-13,15-19,23H,3-7,9,14,20H2,1-2H3,(H,35,36)/t23-/m1/s1. The molecule has 1 aliphatic rings. The number of para-hydroxylation sites is 1. The van der Waals surface area contributed by atoms with Crippen molar-refractivity contribution < 1.29 is 22.7 Å². The Morgan fingerprint density at radius 1 is 1.03 bits per heavy atom. The summed E-state index contributed by atoms with van der Waals surface area (Å²) in [6.45, 7) is 2.64. The first-order valence-electron chi connectivity index (χ1n) is 13.3. The molecule has 1 N–H and O–H groups in total. The lowest BCUT2D eigenvalue weighted by molar-refractivity contribution is 0.0692. The number of halogens is 2. The van der Waals surface area contributed by atoms with E-state index in [0.717, 1.165) is 37.4 Å². The van der Waals surface area contributed by atoms with Gasteiger partial charge in [-0.1, -0.05) is 81.3 Å². The molecule has 9 heteroatoms. The summed E-state index contributed by atoms with van der Waals surface area (Å²) in [6, 6.07) is 16.0. The number of likely N-dealkylation sites (N-methyl/N-ethyl adjacent to an activating group) is 1. The molecule has 0 fully saturated rings. The van der Waals surface area contributed by atoms with E-state index in [4.69, 9.17) is 11.6 Å². The number of fused-ring (bicyclic) bond motifs is 1. The number of hydrogen-bond acceptors (Lipinski definition) is 4. The monoisotopic (exact) mass is 572 g/mol. The van der Waals surface area contributed by atoms with E-state index in [9.17, 15) is 22.7 Å². The van der Waals surface area contributed by atoms with Gasteiger partial charge in [0, 0.05) is 30.9 Å². The van der Waals surface area contributed by atoms with Crippen molar-refractivity contribution in [2.75, 3.05) is 18.5 Å². The van der Waals surface area contributed by atoms with Crippen LogP contribution in [0.4, 0.5) is 15.8 Å². The number of carboxylic acids is 1. The van der Waals surface area contributed by atoms with Crippen LogP contribution in [0.25, 0.3) is 11.1 Å². The van der Waals surface area contributed by atoms with Crippen molar-refractivity contribution in [3.8, 4) is 11.1 Å². The zero-order valence-electron chi connectivity index (χ0n) is 22.2. The Bertz CT molecular complexity index is 1430. The number of aromatic carboxylic acids is 1. The lowest BCUT2D eigenvalue weighted by Gasteiger charge is -2.29. The second kappa shape index (κ2) is 12.5. The summed E-state index contributed by atoms with van der Waals surface area (Å²) in [4.78, 5) is 13.6. The fourth-order valence-electron chi connectivity index (χ4n) is 5.10. The second-order valence-electron chi connectivity index (χ2n) is 9.98. The van der Waals surface area contributed by atoms with Gasteiger partial charge in [0.1, 0.15) is 10.7 Å². The average Bonchev–Trinajstić information content (AvgIpc) is 2.99. The average molecular weight is 573 g/mol. The Morgan fingerprint density at radius 2 is 1.72 bits per heavy atom. The van der Waals surface area contributed by atoms with E-state index in [-0.39, 0.29) is 16.0 Å². The third-order valence-electron chi connectivity index (χ3n) is 7.37. The minimum atomic E-state index is -3.94. The number of carboxylic acid groups (broad SMARTS) is 1. The first kappa shape index (κ1) is 29.1. The van der Waals surface area contributed by atoms with Crippen molar-refractivity contribution in [1.29, 1.82) is 0 Å². The zero-order chi connectivity index (χ0) is 28.2. The minimum absolute atomic E-state index is 0.0694. The predicted molar refractivity (Wildman–Crippen MR) is 154 cm³/mol. The van der Waals surface area contributed by atoms with Gasteiger partial charge in [0.05, 0.1) is 16.3 Å². The number of nitrogens with zero attached hydrogens (tertiary/aromatic N) is 2. The highest BCUT2D eigenvalue weighted by atomic mass is 35.5. The largest absolute Gasteiger partial charge is 0.478 e. The molecule has 6 nitrogen and oxygen atoms in total. The molecular weight excluding hydrogens is 539 g/mol. The molecule has 3 aromatic rings. The Labute approximate surface area is 235 Å². The summed E-state index contributed by atoms with van der Waals surface area (Å²) in [7, 11) is -2.32. The quantitative estimate of drug-likeness (QED) is 0.251. The normalized spacial score (nSPS) is 17.0. The van der Waals surface area contributed by atoms with Crippen LogP contribution in [0, 0.1) is 5.82 Å². The van der Waals surface area contributed by atoms with Gasteiger partial charge in [0.2, 0.25) is 10.0 Å². The molecule has 3 aromatic carbocycles. The lowest BCUT2D eigenvalue weighted by Crippen LogP contribution is -2.40. The number of carbonyl (C=O) groups is 1. The molecule has 39 heavy (non-hydrogen) atoms. The molecule has 1 atom stereocenters. The highest BCUT2D eigenvalue weighted by Gasteiger charge is 2.37. The summed E-state index contributed by atoms with van der Waals surface area (Å²) in [5.41, 5.74) is 1.42. The lowest BCUT2D eigenvalue weighted by atomic mass is 10.0. The maximum Gasteiger partial charge on any atom is 0.338 e. The van der Waals surface area contributed by atoms with Crippen LogP contribution in [-0.4, -0.2) is 43.4 Å². The van der Waals surface area contributed by atoms with E-state index in [2.05, 4.69) is 6.92 Å². The van der Waals surface area contributed by atoms with Crippen molar-refractivity contribution in [2.24, 2.45) is 0 Å². The summed E-state index contributed by atoms with van der Waals surface area (Å²) < 4.78 is 43.6. The molecule has 0 aliphatic carbocycles. The number of hydrogen-bond donors (Lipinski definition) is 1. The highest BCUT2D eigenvalue weighted by molar-refractivity contribution is 7.89. The molecule has 0 unspecified atom stereocenters. The summed E-state index contributed by atoms with van der Waals surface area (Å²) >= 11 is 6.71. The Morgan fingerprint density at radius 3 is 2.41 bits per heavy atom. The van der Waals surface area contributed by atoms with E-state index in [1.165, 1.54) is 41.8 Å². The smallest absolute Gasteiger partial charge is 0.338 e. The van der Waals surface area contributed by atoms with Crippen molar-refractivity contribution in [2.45, 2.75) is 62.8 Å². The van der Waals surface area contributed by atoms with Gasteiger partial charge < -0.3 is 10.0 Å². The SMILES string of the molecule is CCCCCCCC[C@@H]1CN(c2ccccc2)c2cc(Cl)c(-c3ccc(F)c(C(=O)O)c3)cc2S(=O)(=O)N1C. The van der Waals surface area contributed by atoms with Crippen LogP contribution in [-0.2, 0) is 10.0 Å². The van der Waals surface area contributed by atoms with Gasteiger partial charge in [-0.2, -0.15) is 4.31 Å². The Balaban J connectivity index is 1.79. The molecule has 4 rings (SSSR count). The maximum atomic E-state index is 14.1. The van der Waals surface area contributed by atoms with Crippen LogP contribution in [0.3, 0.4) is 0 Å². The van der Waals surface area contributed by atoms with E-state index in [1.807, 2.05) is 35.2 Å². The molecule has 1 heterocycles. The number of anilines is 2. The van der Waals surface area contributed by atoms with E-state index < -0.39 is 27.4 Å². The third-order valence-corrected chi connectivity index (χ3v) is 9.62. The molecule has 1 aliphatic heterocycles. The first-order chi connectivity index (χ1) is 18.6. The topological polar surface area (TPSA) is 77.9 Å². The second-order valence-corrected chi connectivity index (χ2v) is 12.4. The highest BCUT2D eigenvalue weighted by Crippen LogP contribution is 2.43. The summed E-state index contributed by atoms with van der Waals surface area (Å²) in [6.07, 6.45) is 7.40. The van der Waals surface area contributed by atoms with Crippen LogP contribution >= 0.6 is 11.6 Å². The van der Waals surface area contributed by atoms with Crippen molar-refractivity contribution >= 4 is 39.0 Å². The van der Waals surface area contributed by atoms with Crippen LogP contribution in [0.5, 0.6) is 0 Å². The molecule has 0 amide bonds. The van der Waals surface area contributed by atoms with E-state index in [1.54, 1.807) is 13.1 Å². The van der Waals surface area contributed by atoms with Crippen molar-refractivity contribution in [1.82, 2.24) is 4.31 Å². The predicted octanol–water partition coefficient (Wildman–Crippen LogP) is 7.74. The molecule has 0 bridgehead atoms. The number of benzene rings is 3. The zero-order valence-corrected chi connectivity index (χ0v) is 23.8. The molecule has 0 aromatic heterocycles. The van der Waals surface area contributed by atoms with E-state index in [0.29, 0.717) is 23.4 Å². The van der Waals surface area contributed by atoms with Gasteiger partial charge in [0.25, 0.3) is 0 Å². The van der Waals surface area contributed by atoms with Crippen molar-refractivity contribution in [3.63, 3.8) is 0 Å². The minimum Gasteiger partial charge on any atom is -0.478 e. The Hall–Kier alpha value is -2.94. The maximum absolute atomic E-state index is 14.1. The number of sulfonamides is 1. The van der Waals surface area contributed by atoms with Crippen LogP contribution in [0.1, 0.15) is 62.2 Å². The fraction of sp³-hybridized carbons (Fsp3) is 0.367. The van der Waals surface area contributed by atoms with Gasteiger partial charge in [0.15, 0.2) is 0 Å². The molecule has 0 spiro atoms. The van der Waals surface area contributed by atoms with E-state index >= 15 is 0 Å². The molecule has 208 valence electrons. The van der Waals surface area contributed by atoms with Gasteiger partial charge in [-0.3, -0.25) is 0 Å². The van der Waals surface area contributed by atoms with Crippen LogP contribution < -0.4 is 4.90 Å². The summed E-state index contributed by atoms with van der Waals surface area (Å²) in [5.74, 6) is -2.29. The third kappa shape index (κ3) is 6.29. The van der Waals surface area contributed by atoms with Crippen molar-refractivity contribution in [3.05, 3.63) is 77.1 Å². The molecular formula is C30H34ClFN2O4S. The van der Waals surface area contributed by atoms with Gasteiger partial charge in [-0.05, 0) is 48.4 Å². The fourth-order valence-corrected chi connectivity index (χ4v) is 6.94. The number of unbranched alkanes of at least 4 members (excludes halogenated alkanes) is 5. The Kier molecular flexibility index (Phi) is 9.31. The molecule has 0 saturated carbocycles. The summed E-state index contributed by atoms with van der Waals surface area (Å²) in [5, 5.41) is 9.63. The molecule has 0 radical (unpaired) electrons.